The number of alkyl halides is 3. The zero-order valence-electron chi connectivity index (χ0n) is 12.2. The highest BCUT2D eigenvalue weighted by Gasteiger charge is 2.41. The van der Waals surface area contributed by atoms with Gasteiger partial charge in [0, 0.05) is 31.7 Å². The molecule has 0 radical (unpaired) electrons. The Kier molecular flexibility index (Phi) is 4.27. The number of carbonyl (C=O) groups is 1. The predicted molar refractivity (Wildman–Crippen MR) is 71.0 cm³/mol. The normalized spacial score (nSPS) is 20.1. The second kappa shape index (κ2) is 5.67. The van der Waals surface area contributed by atoms with Crippen molar-refractivity contribution < 1.29 is 18.0 Å². The largest absolute Gasteiger partial charge is 0.433 e. The first-order chi connectivity index (χ1) is 9.71. The van der Waals surface area contributed by atoms with Crippen molar-refractivity contribution in [1.82, 2.24) is 20.0 Å². The molecule has 0 saturated carbocycles. The lowest BCUT2D eigenvalue weighted by molar-refractivity contribution is -0.145. The topological polar surface area (TPSA) is 50.2 Å². The van der Waals surface area contributed by atoms with Crippen LogP contribution in [0.25, 0.3) is 0 Å². The highest BCUT2D eigenvalue weighted by Crippen LogP contribution is 2.34. The quantitative estimate of drug-likeness (QED) is 0.908. The lowest BCUT2D eigenvalue weighted by atomic mass is 10.1. The van der Waals surface area contributed by atoms with Crippen molar-refractivity contribution in [2.45, 2.75) is 39.0 Å². The van der Waals surface area contributed by atoms with E-state index >= 15 is 0 Å². The third-order valence-corrected chi connectivity index (χ3v) is 3.44. The van der Waals surface area contributed by atoms with Crippen molar-refractivity contribution in [2.24, 2.45) is 0 Å². The zero-order valence-corrected chi connectivity index (χ0v) is 12.2. The molecule has 1 fully saturated rings. The van der Waals surface area contributed by atoms with Crippen molar-refractivity contribution in [3.8, 4) is 0 Å². The van der Waals surface area contributed by atoms with Gasteiger partial charge in [-0.15, -0.1) is 0 Å². The Balaban J connectivity index is 2.37. The van der Waals surface area contributed by atoms with Crippen molar-refractivity contribution in [3.05, 3.63) is 17.5 Å². The molecular formula is C13H19F3N4O. The van der Waals surface area contributed by atoms with Crippen LogP contribution in [-0.4, -0.2) is 46.3 Å². The SMILES string of the molecule is CC(C)n1ncc(C(=O)N2CCN[C@@H](C)C2)c1C(F)(F)F. The van der Waals surface area contributed by atoms with Crippen LogP contribution in [0.2, 0.25) is 0 Å². The van der Waals surface area contributed by atoms with E-state index in [1.807, 2.05) is 6.92 Å². The molecule has 0 bridgehead atoms. The van der Waals surface area contributed by atoms with Gasteiger partial charge in [-0.2, -0.15) is 18.3 Å². The van der Waals surface area contributed by atoms with Crippen LogP contribution in [0.4, 0.5) is 13.2 Å². The van der Waals surface area contributed by atoms with E-state index in [0.717, 1.165) is 10.9 Å². The fourth-order valence-corrected chi connectivity index (χ4v) is 2.48. The second-order valence-corrected chi connectivity index (χ2v) is 5.55. The number of piperazine rings is 1. The second-order valence-electron chi connectivity index (χ2n) is 5.55. The van der Waals surface area contributed by atoms with Gasteiger partial charge < -0.3 is 10.2 Å². The van der Waals surface area contributed by atoms with E-state index in [0.29, 0.717) is 19.6 Å². The van der Waals surface area contributed by atoms with Crippen molar-refractivity contribution >= 4 is 5.91 Å². The summed E-state index contributed by atoms with van der Waals surface area (Å²) in [5.41, 5.74) is -1.33. The maximum atomic E-state index is 13.3. The Morgan fingerprint density at radius 1 is 1.48 bits per heavy atom. The average Bonchev–Trinajstić information content (AvgIpc) is 2.82. The van der Waals surface area contributed by atoms with Crippen LogP contribution in [0.1, 0.15) is 42.9 Å². The maximum Gasteiger partial charge on any atom is 0.433 e. The van der Waals surface area contributed by atoms with E-state index in [1.165, 1.54) is 4.90 Å². The summed E-state index contributed by atoms with van der Waals surface area (Å²) in [5, 5.41) is 6.90. The fourth-order valence-electron chi connectivity index (χ4n) is 2.48. The van der Waals surface area contributed by atoms with Crippen LogP contribution in [-0.2, 0) is 6.18 Å². The molecule has 8 heteroatoms. The predicted octanol–water partition coefficient (Wildman–Crippen LogP) is 1.92. The van der Waals surface area contributed by atoms with Crippen molar-refractivity contribution in [2.75, 3.05) is 19.6 Å². The van der Waals surface area contributed by atoms with Crippen LogP contribution < -0.4 is 5.32 Å². The summed E-state index contributed by atoms with van der Waals surface area (Å²) in [5.74, 6) is -0.609. The van der Waals surface area contributed by atoms with Gasteiger partial charge in [0.05, 0.1) is 11.8 Å². The molecule has 2 heterocycles. The van der Waals surface area contributed by atoms with E-state index in [1.54, 1.807) is 13.8 Å². The molecule has 1 aromatic heterocycles. The number of carbonyl (C=O) groups excluding carboxylic acids is 1. The Labute approximate surface area is 121 Å². The fraction of sp³-hybridized carbons (Fsp3) is 0.692. The minimum absolute atomic E-state index is 0.0668. The average molecular weight is 304 g/mol. The summed E-state index contributed by atoms with van der Waals surface area (Å²) in [6.07, 6.45) is -3.58. The summed E-state index contributed by atoms with van der Waals surface area (Å²) in [6, 6.07) is -0.401. The summed E-state index contributed by atoms with van der Waals surface area (Å²) in [4.78, 5) is 13.8. The number of rotatable bonds is 2. The van der Waals surface area contributed by atoms with Gasteiger partial charge in [0.25, 0.3) is 5.91 Å². The Hall–Kier alpha value is -1.57. The Morgan fingerprint density at radius 2 is 2.14 bits per heavy atom. The molecule has 5 nitrogen and oxygen atoms in total. The number of aromatic nitrogens is 2. The zero-order chi connectivity index (χ0) is 15.8. The van der Waals surface area contributed by atoms with Crippen LogP contribution in [0.15, 0.2) is 6.20 Å². The molecule has 0 spiro atoms. The summed E-state index contributed by atoms with van der Waals surface area (Å²) < 4.78 is 40.6. The summed E-state index contributed by atoms with van der Waals surface area (Å²) >= 11 is 0. The smallest absolute Gasteiger partial charge is 0.336 e. The van der Waals surface area contributed by atoms with Crippen LogP contribution >= 0.6 is 0 Å². The van der Waals surface area contributed by atoms with Crippen LogP contribution in [0, 0.1) is 0 Å². The van der Waals surface area contributed by atoms with Gasteiger partial charge >= 0.3 is 6.18 Å². The monoisotopic (exact) mass is 304 g/mol. The van der Waals surface area contributed by atoms with Gasteiger partial charge in [-0.05, 0) is 20.8 Å². The number of nitrogens with one attached hydrogen (secondary N) is 1. The van der Waals surface area contributed by atoms with E-state index in [4.69, 9.17) is 0 Å². The highest BCUT2D eigenvalue weighted by atomic mass is 19.4. The van der Waals surface area contributed by atoms with Crippen LogP contribution in [0.5, 0.6) is 0 Å². The molecule has 1 aliphatic rings. The molecule has 0 aliphatic carbocycles. The molecule has 1 atom stereocenters. The summed E-state index contributed by atoms with van der Waals surface area (Å²) in [7, 11) is 0. The molecule has 1 saturated heterocycles. The third kappa shape index (κ3) is 3.20. The molecular weight excluding hydrogens is 285 g/mol. The van der Waals surface area contributed by atoms with Gasteiger partial charge in [-0.1, -0.05) is 0 Å². The lowest BCUT2D eigenvalue weighted by Crippen LogP contribution is -2.51. The number of hydrogen-bond acceptors (Lipinski definition) is 3. The van der Waals surface area contributed by atoms with Gasteiger partial charge in [-0.3, -0.25) is 9.48 Å². The lowest BCUT2D eigenvalue weighted by Gasteiger charge is -2.32. The van der Waals surface area contributed by atoms with E-state index in [9.17, 15) is 18.0 Å². The number of hydrogen-bond donors (Lipinski definition) is 1. The molecule has 1 N–H and O–H groups in total. The molecule has 1 aromatic rings. The molecule has 0 aromatic carbocycles. The highest BCUT2D eigenvalue weighted by molar-refractivity contribution is 5.95. The van der Waals surface area contributed by atoms with Gasteiger partial charge in [0.1, 0.15) is 0 Å². The maximum absolute atomic E-state index is 13.3. The molecule has 21 heavy (non-hydrogen) atoms. The number of amides is 1. The number of halogens is 3. The molecule has 118 valence electrons. The minimum atomic E-state index is -4.61. The minimum Gasteiger partial charge on any atom is -0.336 e. The van der Waals surface area contributed by atoms with Gasteiger partial charge in [0.15, 0.2) is 5.69 Å². The third-order valence-electron chi connectivity index (χ3n) is 3.44. The molecule has 2 rings (SSSR count). The molecule has 0 unspecified atom stereocenters. The Morgan fingerprint density at radius 3 is 2.67 bits per heavy atom. The first-order valence-corrected chi connectivity index (χ1v) is 6.89. The van der Waals surface area contributed by atoms with E-state index in [-0.39, 0.29) is 11.6 Å². The first kappa shape index (κ1) is 15.8. The first-order valence-electron chi connectivity index (χ1n) is 6.89. The van der Waals surface area contributed by atoms with Crippen LogP contribution in [0.3, 0.4) is 0 Å². The standard InChI is InChI=1S/C13H19F3N4O/c1-8(2)20-11(13(14,15)16)10(6-18-20)12(21)19-5-4-17-9(3)7-19/h6,8-9,17H,4-5,7H2,1-3H3/t9-/m0/s1. The molecule has 1 aliphatic heterocycles. The van der Waals surface area contributed by atoms with Crippen molar-refractivity contribution in [1.29, 1.82) is 0 Å². The van der Waals surface area contributed by atoms with Gasteiger partial charge in [-0.25, -0.2) is 0 Å². The number of nitrogens with zero attached hydrogens (tertiary/aromatic N) is 3. The van der Waals surface area contributed by atoms with Crippen molar-refractivity contribution in [3.63, 3.8) is 0 Å². The molecule has 1 amide bonds. The van der Waals surface area contributed by atoms with E-state index < -0.39 is 23.8 Å². The van der Waals surface area contributed by atoms with E-state index in [2.05, 4.69) is 10.4 Å². The van der Waals surface area contributed by atoms with Gasteiger partial charge in [0.2, 0.25) is 0 Å². The summed E-state index contributed by atoms with van der Waals surface area (Å²) in [6.45, 7) is 6.46. The Bertz CT molecular complexity index is 524.